The molecule has 19 heavy (non-hydrogen) atoms. The smallest absolute Gasteiger partial charge is 0.129 e. The highest BCUT2D eigenvalue weighted by atomic mass is 16.5. The minimum absolute atomic E-state index is 0.268. The Labute approximate surface area is 114 Å². The molecule has 1 heterocycles. The molecule has 1 aliphatic carbocycles. The van der Waals surface area contributed by atoms with Crippen molar-refractivity contribution in [2.75, 3.05) is 7.05 Å². The SMILES string of the molecule is CNC1CCCCC1Oc1cccc2ncccc12. The quantitative estimate of drug-likeness (QED) is 0.916. The van der Waals surface area contributed by atoms with Gasteiger partial charge >= 0.3 is 0 Å². The predicted molar refractivity (Wildman–Crippen MR) is 77.5 cm³/mol. The van der Waals surface area contributed by atoms with Gasteiger partial charge in [-0.2, -0.15) is 0 Å². The van der Waals surface area contributed by atoms with Crippen LogP contribution < -0.4 is 10.1 Å². The van der Waals surface area contributed by atoms with Gasteiger partial charge in [-0.25, -0.2) is 0 Å². The molecule has 0 saturated heterocycles. The van der Waals surface area contributed by atoms with Crippen LogP contribution in [-0.2, 0) is 0 Å². The van der Waals surface area contributed by atoms with E-state index in [1.807, 2.05) is 37.5 Å². The van der Waals surface area contributed by atoms with Crippen molar-refractivity contribution in [2.45, 2.75) is 37.8 Å². The normalized spacial score (nSPS) is 23.4. The lowest BCUT2D eigenvalue weighted by molar-refractivity contribution is 0.119. The number of aromatic nitrogens is 1. The topological polar surface area (TPSA) is 34.1 Å². The summed E-state index contributed by atoms with van der Waals surface area (Å²) < 4.78 is 6.27. The first-order valence-electron chi connectivity index (χ1n) is 7.06. The fourth-order valence-corrected chi connectivity index (χ4v) is 2.91. The molecular formula is C16H20N2O. The molecule has 2 atom stereocenters. The highest BCUT2D eigenvalue weighted by Crippen LogP contribution is 2.28. The summed E-state index contributed by atoms with van der Waals surface area (Å²) in [7, 11) is 2.02. The fourth-order valence-electron chi connectivity index (χ4n) is 2.91. The average molecular weight is 256 g/mol. The molecule has 0 radical (unpaired) electrons. The molecule has 2 unspecified atom stereocenters. The maximum atomic E-state index is 6.27. The third kappa shape index (κ3) is 2.56. The Bertz CT molecular complexity index is 550. The van der Waals surface area contributed by atoms with E-state index in [0.717, 1.165) is 23.1 Å². The number of pyridine rings is 1. The molecular weight excluding hydrogens is 236 g/mol. The molecule has 1 saturated carbocycles. The second-order valence-electron chi connectivity index (χ2n) is 5.16. The van der Waals surface area contributed by atoms with Crippen LogP contribution >= 0.6 is 0 Å². The monoisotopic (exact) mass is 256 g/mol. The van der Waals surface area contributed by atoms with E-state index in [1.165, 1.54) is 19.3 Å². The van der Waals surface area contributed by atoms with Gasteiger partial charge in [-0.15, -0.1) is 0 Å². The largest absolute Gasteiger partial charge is 0.488 e. The van der Waals surface area contributed by atoms with Gasteiger partial charge in [-0.1, -0.05) is 12.5 Å². The molecule has 1 aliphatic rings. The second kappa shape index (κ2) is 5.57. The van der Waals surface area contributed by atoms with Crippen LogP contribution in [0.25, 0.3) is 10.9 Å². The summed E-state index contributed by atoms with van der Waals surface area (Å²) in [6.07, 6.45) is 6.97. The van der Waals surface area contributed by atoms with Crippen molar-refractivity contribution in [3.8, 4) is 5.75 Å². The lowest BCUT2D eigenvalue weighted by Crippen LogP contribution is -2.43. The van der Waals surface area contributed by atoms with E-state index >= 15 is 0 Å². The Morgan fingerprint density at radius 3 is 2.95 bits per heavy atom. The molecule has 0 amide bonds. The summed E-state index contributed by atoms with van der Waals surface area (Å²) in [6, 6.07) is 10.6. The van der Waals surface area contributed by atoms with Crippen LogP contribution in [-0.4, -0.2) is 24.2 Å². The number of likely N-dealkylation sites (N-methyl/N-ethyl adjacent to an activating group) is 1. The van der Waals surface area contributed by atoms with Crippen LogP contribution in [0, 0.1) is 0 Å². The van der Waals surface area contributed by atoms with Crippen molar-refractivity contribution in [3.05, 3.63) is 36.5 Å². The zero-order valence-corrected chi connectivity index (χ0v) is 11.3. The Kier molecular flexibility index (Phi) is 3.65. The van der Waals surface area contributed by atoms with Gasteiger partial charge < -0.3 is 10.1 Å². The number of benzene rings is 1. The van der Waals surface area contributed by atoms with Crippen molar-refractivity contribution in [2.24, 2.45) is 0 Å². The zero-order valence-electron chi connectivity index (χ0n) is 11.3. The van der Waals surface area contributed by atoms with Crippen LogP contribution in [0.3, 0.4) is 0 Å². The van der Waals surface area contributed by atoms with Gasteiger partial charge in [-0.3, -0.25) is 4.98 Å². The average Bonchev–Trinajstić information content (AvgIpc) is 2.48. The molecule has 100 valence electrons. The van der Waals surface area contributed by atoms with Crippen LogP contribution in [0.4, 0.5) is 0 Å². The van der Waals surface area contributed by atoms with Crippen molar-refractivity contribution in [3.63, 3.8) is 0 Å². The van der Waals surface area contributed by atoms with Gasteiger partial charge in [-0.05, 0) is 50.6 Å². The number of hydrogen-bond acceptors (Lipinski definition) is 3. The number of ether oxygens (including phenoxy) is 1. The summed E-state index contributed by atoms with van der Waals surface area (Å²) in [5, 5.41) is 4.48. The highest BCUT2D eigenvalue weighted by Gasteiger charge is 2.25. The number of rotatable bonds is 3. The van der Waals surface area contributed by atoms with E-state index in [0.29, 0.717) is 6.04 Å². The van der Waals surface area contributed by atoms with Gasteiger partial charge in [0.15, 0.2) is 0 Å². The Hall–Kier alpha value is -1.61. The van der Waals surface area contributed by atoms with Gasteiger partial charge in [0.05, 0.1) is 5.52 Å². The Morgan fingerprint density at radius 2 is 2.05 bits per heavy atom. The molecule has 3 rings (SSSR count). The molecule has 1 N–H and O–H groups in total. The van der Waals surface area contributed by atoms with Crippen molar-refractivity contribution < 1.29 is 4.74 Å². The first-order valence-corrected chi connectivity index (χ1v) is 7.06. The van der Waals surface area contributed by atoms with Crippen LogP contribution in [0.15, 0.2) is 36.5 Å². The molecule has 0 spiro atoms. The molecule has 0 bridgehead atoms. The highest BCUT2D eigenvalue weighted by molar-refractivity contribution is 5.84. The van der Waals surface area contributed by atoms with E-state index in [4.69, 9.17) is 4.74 Å². The summed E-state index contributed by atoms with van der Waals surface area (Å²) in [6.45, 7) is 0. The number of hydrogen-bond donors (Lipinski definition) is 1. The van der Waals surface area contributed by atoms with E-state index in [2.05, 4.69) is 16.4 Å². The van der Waals surface area contributed by atoms with E-state index < -0.39 is 0 Å². The maximum Gasteiger partial charge on any atom is 0.129 e. The fraction of sp³-hybridized carbons (Fsp3) is 0.438. The second-order valence-corrected chi connectivity index (χ2v) is 5.16. The third-order valence-electron chi connectivity index (χ3n) is 3.96. The lowest BCUT2D eigenvalue weighted by Gasteiger charge is -2.31. The molecule has 3 nitrogen and oxygen atoms in total. The zero-order chi connectivity index (χ0) is 13.1. The Balaban J connectivity index is 1.88. The molecule has 1 fully saturated rings. The van der Waals surface area contributed by atoms with Gasteiger partial charge in [0.25, 0.3) is 0 Å². The predicted octanol–water partition coefficient (Wildman–Crippen LogP) is 3.14. The molecule has 3 heteroatoms. The third-order valence-corrected chi connectivity index (χ3v) is 3.96. The van der Waals surface area contributed by atoms with E-state index in [1.54, 1.807) is 0 Å². The maximum absolute atomic E-state index is 6.27. The van der Waals surface area contributed by atoms with Crippen LogP contribution in [0.2, 0.25) is 0 Å². The standard InChI is InChI=1S/C16H20N2O/c1-17-14-7-2-3-9-16(14)19-15-10-4-8-13-12(15)6-5-11-18-13/h4-6,8,10-11,14,16-17H,2-3,7,9H2,1H3. The van der Waals surface area contributed by atoms with E-state index in [9.17, 15) is 0 Å². The number of nitrogens with one attached hydrogen (secondary N) is 1. The molecule has 2 aromatic rings. The first kappa shape index (κ1) is 12.4. The first-order chi connectivity index (χ1) is 9.38. The van der Waals surface area contributed by atoms with Gasteiger partial charge in [0.1, 0.15) is 11.9 Å². The van der Waals surface area contributed by atoms with Crippen molar-refractivity contribution in [1.29, 1.82) is 0 Å². The summed E-state index contributed by atoms with van der Waals surface area (Å²) >= 11 is 0. The lowest BCUT2D eigenvalue weighted by atomic mass is 9.92. The molecule has 1 aromatic carbocycles. The van der Waals surface area contributed by atoms with Crippen molar-refractivity contribution >= 4 is 10.9 Å². The minimum atomic E-state index is 0.268. The van der Waals surface area contributed by atoms with Crippen molar-refractivity contribution in [1.82, 2.24) is 10.3 Å². The molecule has 0 aliphatic heterocycles. The van der Waals surface area contributed by atoms with Gasteiger partial charge in [0.2, 0.25) is 0 Å². The summed E-state index contributed by atoms with van der Waals surface area (Å²) in [4.78, 5) is 4.38. The summed E-state index contributed by atoms with van der Waals surface area (Å²) in [5.74, 6) is 0.956. The van der Waals surface area contributed by atoms with Crippen LogP contribution in [0.1, 0.15) is 25.7 Å². The number of nitrogens with zero attached hydrogens (tertiary/aromatic N) is 1. The Morgan fingerprint density at radius 1 is 1.16 bits per heavy atom. The van der Waals surface area contributed by atoms with Crippen LogP contribution in [0.5, 0.6) is 5.75 Å². The van der Waals surface area contributed by atoms with Gasteiger partial charge in [0, 0.05) is 17.6 Å². The van der Waals surface area contributed by atoms with E-state index in [-0.39, 0.29) is 6.10 Å². The minimum Gasteiger partial charge on any atom is -0.488 e. The summed E-state index contributed by atoms with van der Waals surface area (Å²) in [5.41, 5.74) is 0.997. The molecule has 1 aromatic heterocycles. The number of fused-ring (bicyclic) bond motifs is 1.